The van der Waals surface area contributed by atoms with Gasteiger partial charge in [-0.3, -0.25) is 4.79 Å². The Hall–Kier alpha value is -1.76. The zero-order valence-corrected chi connectivity index (χ0v) is 15.5. The summed E-state index contributed by atoms with van der Waals surface area (Å²) in [4.78, 5) is 20.1. The fourth-order valence-electron chi connectivity index (χ4n) is 3.67. The van der Waals surface area contributed by atoms with E-state index in [1.165, 1.54) is 30.2 Å². The van der Waals surface area contributed by atoms with E-state index in [1.807, 2.05) is 11.1 Å². The van der Waals surface area contributed by atoms with Crippen LogP contribution in [0.15, 0.2) is 12.4 Å². The third kappa shape index (κ3) is 3.61. The Morgan fingerprint density at radius 3 is 2.80 bits per heavy atom. The molecule has 0 radical (unpaired) electrons. The van der Waals surface area contributed by atoms with Crippen molar-refractivity contribution in [3.8, 4) is 0 Å². The lowest BCUT2D eigenvalue weighted by molar-refractivity contribution is 0.0714. The molecule has 0 atom stereocenters. The van der Waals surface area contributed by atoms with Crippen molar-refractivity contribution in [2.75, 3.05) is 13.1 Å². The predicted molar refractivity (Wildman–Crippen MR) is 96.7 cm³/mol. The molecule has 2 fully saturated rings. The molecular weight excluding hydrogens is 334 g/mol. The number of aryl methyl sites for hydroxylation is 1. The van der Waals surface area contributed by atoms with E-state index in [-0.39, 0.29) is 5.91 Å². The highest BCUT2D eigenvalue weighted by atomic mass is 32.1. The van der Waals surface area contributed by atoms with Gasteiger partial charge in [0.15, 0.2) is 0 Å². The second-order valence-corrected chi connectivity index (χ2v) is 8.00. The monoisotopic (exact) mass is 359 g/mol. The Morgan fingerprint density at radius 2 is 2.08 bits per heavy atom. The lowest BCUT2D eigenvalue weighted by atomic mass is 9.95. The van der Waals surface area contributed by atoms with Gasteiger partial charge in [-0.2, -0.15) is 0 Å². The minimum Gasteiger partial charge on any atom is -0.338 e. The first-order valence-electron chi connectivity index (χ1n) is 9.37. The van der Waals surface area contributed by atoms with Gasteiger partial charge in [0.1, 0.15) is 10.7 Å². The number of rotatable bonds is 6. The van der Waals surface area contributed by atoms with Crippen LogP contribution in [0.5, 0.6) is 0 Å². The van der Waals surface area contributed by atoms with Gasteiger partial charge in [-0.05, 0) is 49.6 Å². The maximum atomic E-state index is 12.8. The fraction of sp³-hybridized carbons (Fsp3) is 0.667. The zero-order chi connectivity index (χ0) is 17.2. The number of aromatic nitrogens is 4. The molecule has 1 aliphatic carbocycles. The molecule has 1 saturated carbocycles. The van der Waals surface area contributed by atoms with Crippen LogP contribution in [0, 0.1) is 5.92 Å². The summed E-state index contributed by atoms with van der Waals surface area (Å²) in [6.07, 6.45) is 10.5. The van der Waals surface area contributed by atoms with Crippen LogP contribution in [-0.2, 0) is 13.0 Å². The van der Waals surface area contributed by atoms with Gasteiger partial charge in [-0.15, -0.1) is 5.10 Å². The number of hydrogen-bond acceptors (Lipinski definition) is 5. The Kier molecular flexibility index (Phi) is 4.83. The van der Waals surface area contributed by atoms with E-state index in [1.54, 1.807) is 0 Å². The Bertz CT molecular complexity index is 727. The summed E-state index contributed by atoms with van der Waals surface area (Å²) < 4.78 is 6.33. The molecule has 0 aromatic carbocycles. The van der Waals surface area contributed by atoms with Gasteiger partial charge in [0.05, 0.1) is 5.69 Å². The maximum absolute atomic E-state index is 12.8. The van der Waals surface area contributed by atoms with Crippen molar-refractivity contribution in [3.05, 3.63) is 28.8 Å². The summed E-state index contributed by atoms with van der Waals surface area (Å²) in [5, 5.41) is 4.13. The number of carbonyl (C=O) groups is 1. The molecule has 3 heterocycles. The average Bonchev–Trinajstić information content (AvgIpc) is 3.13. The van der Waals surface area contributed by atoms with Crippen LogP contribution in [0.1, 0.15) is 66.1 Å². The summed E-state index contributed by atoms with van der Waals surface area (Å²) in [5.74, 6) is 2.64. The molecular formula is C18H25N5OS. The summed E-state index contributed by atoms with van der Waals surface area (Å²) in [7, 11) is 0. The Balaban J connectivity index is 1.38. The first-order valence-corrected chi connectivity index (χ1v) is 10.1. The predicted octanol–water partition coefficient (Wildman–Crippen LogP) is 3.12. The van der Waals surface area contributed by atoms with E-state index < -0.39 is 0 Å². The van der Waals surface area contributed by atoms with Crippen molar-refractivity contribution in [2.24, 2.45) is 5.92 Å². The molecule has 2 aliphatic rings. The average molecular weight is 359 g/mol. The van der Waals surface area contributed by atoms with Crippen molar-refractivity contribution >= 4 is 17.4 Å². The molecule has 2 aromatic heterocycles. The fourth-order valence-corrected chi connectivity index (χ4v) is 4.35. The molecule has 1 amide bonds. The number of hydrogen-bond donors (Lipinski definition) is 0. The zero-order valence-electron chi connectivity index (χ0n) is 14.7. The van der Waals surface area contributed by atoms with Crippen LogP contribution in [0.4, 0.5) is 0 Å². The van der Waals surface area contributed by atoms with Crippen molar-refractivity contribution in [1.82, 2.24) is 24.0 Å². The normalized spacial score (nSPS) is 18.7. The standard InChI is InChI=1S/C18H25N5OS/c1-2-3-15-16(25-21-20-15)18(24)22-9-6-14(7-10-22)17-19-8-11-23(17)12-13-4-5-13/h8,11,13-14H,2-7,9-10,12H2,1H3. The number of likely N-dealkylation sites (tertiary alicyclic amines) is 1. The Morgan fingerprint density at radius 1 is 1.28 bits per heavy atom. The van der Waals surface area contributed by atoms with E-state index in [0.29, 0.717) is 5.92 Å². The maximum Gasteiger partial charge on any atom is 0.267 e. The molecule has 25 heavy (non-hydrogen) atoms. The molecule has 134 valence electrons. The van der Waals surface area contributed by atoms with Crippen LogP contribution in [0.2, 0.25) is 0 Å². The highest BCUT2D eigenvalue weighted by Gasteiger charge is 2.30. The smallest absolute Gasteiger partial charge is 0.267 e. The molecule has 1 aliphatic heterocycles. The minimum absolute atomic E-state index is 0.109. The first kappa shape index (κ1) is 16.7. The van der Waals surface area contributed by atoms with Crippen molar-refractivity contribution in [3.63, 3.8) is 0 Å². The van der Waals surface area contributed by atoms with Gasteiger partial charge >= 0.3 is 0 Å². The molecule has 4 rings (SSSR count). The number of amides is 1. The van der Waals surface area contributed by atoms with E-state index in [9.17, 15) is 4.79 Å². The highest BCUT2D eigenvalue weighted by Crippen LogP contribution is 2.33. The molecule has 6 nitrogen and oxygen atoms in total. The van der Waals surface area contributed by atoms with Crippen LogP contribution in [0.25, 0.3) is 0 Å². The number of piperidine rings is 1. The second kappa shape index (κ2) is 7.23. The van der Waals surface area contributed by atoms with Gasteiger partial charge in [-0.1, -0.05) is 17.8 Å². The van der Waals surface area contributed by atoms with Crippen molar-refractivity contribution in [2.45, 2.75) is 57.9 Å². The first-order chi connectivity index (χ1) is 12.3. The summed E-state index contributed by atoms with van der Waals surface area (Å²) in [6.45, 7) is 4.80. The molecule has 0 N–H and O–H groups in total. The summed E-state index contributed by atoms with van der Waals surface area (Å²) in [5.41, 5.74) is 0.861. The molecule has 0 spiro atoms. The van der Waals surface area contributed by atoms with E-state index in [4.69, 9.17) is 0 Å². The molecule has 0 unspecified atom stereocenters. The van der Waals surface area contributed by atoms with E-state index in [0.717, 1.165) is 61.8 Å². The number of nitrogens with zero attached hydrogens (tertiary/aromatic N) is 5. The van der Waals surface area contributed by atoms with Crippen LogP contribution in [0.3, 0.4) is 0 Å². The van der Waals surface area contributed by atoms with Crippen molar-refractivity contribution in [1.29, 1.82) is 0 Å². The number of imidazole rings is 1. The van der Waals surface area contributed by atoms with Crippen LogP contribution >= 0.6 is 11.5 Å². The topological polar surface area (TPSA) is 63.9 Å². The largest absolute Gasteiger partial charge is 0.338 e. The third-order valence-electron chi connectivity index (χ3n) is 5.28. The lowest BCUT2D eigenvalue weighted by Crippen LogP contribution is -2.38. The molecule has 1 saturated heterocycles. The second-order valence-electron chi connectivity index (χ2n) is 7.25. The Labute approximate surface area is 152 Å². The van der Waals surface area contributed by atoms with E-state index >= 15 is 0 Å². The minimum atomic E-state index is 0.109. The van der Waals surface area contributed by atoms with E-state index in [2.05, 4.69) is 32.3 Å². The van der Waals surface area contributed by atoms with Gasteiger partial charge in [-0.25, -0.2) is 4.98 Å². The van der Waals surface area contributed by atoms with Crippen LogP contribution < -0.4 is 0 Å². The molecule has 0 bridgehead atoms. The SMILES string of the molecule is CCCc1nnsc1C(=O)N1CCC(c2nccn2CC2CC2)CC1. The summed E-state index contributed by atoms with van der Waals surface area (Å²) in [6, 6.07) is 0. The van der Waals surface area contributed by atoms with Crippen LogP contribution in [-0.4, -0.2) is 43.0 Å². The van der Waals surface area contributed by atoms with Gasteiger partial charge in [0.25, 0.3) is 5.91 Å². The molecule has 2 aromatic rings. The quantitative estimate of drug-likeness (QED) is 0.795. The third-order valence-corrected chi connectivity index (χ3v) is 6.04. The summed E-state index contributed by atoms with van der Waals surface area (Å²) >= 11 is 1.24. The van der Waals surface area contributed by atoms with Gasteiger partial charge in [0, 0.05) is 37.9 Å². The van der Waals surface area contributed by atoms with Crippen molar-refractivity contribution < 1.29 is 4.79 Å². The lowest BCUT2D eigenvalue weighted by Gasteiger charge is -2.31. The number of carbonyl (C=O) groups excluding carboxylic acids is 1. The van der Waals surface area contributed by atoms with Gasteiger partial charge in [0.2, 0.25) is 0 Å². The molecule has 7 heteroatoms. The highest BCUT2D eigenvalue weighted by molar-refractivity contribution is 7.08. The van der Waals surface area contributed by atoms with Gasteiger partial charge < -0.3 is 9.47 Å².